The Bertz CT molecular complexity index is 782. The van der Waals surface area contributed by atoms with Crippen molar-refractivity contribution in [1.82, 2.24) is 14.9 Å². The molecule has 2 N–H and O–H groups in total. The summed E-state index contributed by atoms with van der Waals surface area (Å²) < 4.78 is 0. The third-order valence-electron chi connectivity index (χ3n) is 3.39. The molecule has 1 aromatic carbocycles. The monoisotopic (exact) mass is 372 g/mol. The van der Waals surface area contributed by atoms with Crippen LogP contribution in [-0.4, -0.2) is 39.4 Å². The molecule has 2 aromatic rings. The van der Waals surface area contributed by atoms with Crippen molar-refractivity contribution in [2.75, 3.05) is 25.1 Å². The largest absolute Gasteiger partial charge is 0.382 e. The third-order valence-corrected chi connectivity index (χ3v) is 4.97. The van der Waals surface area contributed by atoms with E-state index in [0.717, 1.165) is 23.9 Å². The Morgan fingerprint density at radius 2 is 1.92 bits per heavy atom. The van der Waals surface area contributed by atoms with Crippen LogP contribution >= 0.6 is 23.5 Å². The lowest BCUT2D eigenvalue weighted by Gasteiger charge is -2.22. The second-order valence-corrected chi connectivity index (χ2v) is 6.62. The zero-order valence-corrected chi connectivity index (χ0v) is 16.1. The minimum Gasteiger partial charge on any atom is -0.382 e. The predicted molar refractivity (Wildman–Crippen MR) is 105 cm³/mol. The van der Waals surface area contributed by atoms with Crippen molar-refractivity contribution >= 4 is 40.2 Å². The molecule has 0 fully saturated rings. The maximum Gasteiger partial charge on any atom is 0.198 e. The van der Waals surface area contributed by atoms with Gasteiger partial charge in [-0.3, -0.25) is 0 Å². The Kier molecular flexibility index (Phi) is 7.10. The van der Waals surface area contributed by atoms with E-state index in [9.17, 15) is 5.26 Å². The maximum absolute atomic E-state index is 9.20. The molecule has 0 aliphatic rings. The molecule has 6 nitrogen and oxygen atoms in total. The average Bonchev–Trinajstić information content (AvgIpc) is 2.63. The first-order valence-corrected chi connectivity index (χ1v) is 9.85. The number of thioether (sulfide) groups is 2. The molecule has 1 aromatic heterocycles. The minimum absolute atomic E-state index is 0.197. The third kappa shape index (κ3) is 4.87. The molecule has 1 heterocycles. The van der Waals surface area contributed by atoms with E-state index in [2.05, 4.69) is 34.8 Å². The van der Waals surface area contributed by atoms with Crippen molar-refractivity contribution in [3.8, 4) is 6.07 Å². The van der Waals surface area contributed by atoms with Crippen LogP contribution in [0.3, 0.4) is 0 Å². The first-order chi connectivity index (χ1) is 12.1. The summed E-state index contributed by atoms with van der Waals surface area (Å²) in [5.74, 6) is 0.197. The topological polar surface area (TPSA) is 91.2 Å². The first-order valence-electron chi connectivity index (χ1n) is 7.81. The van der Waals surface area contributed by atoms with Gasteiger partial charge in [-0.1, -0.05) is 18.2 Å². The summed E-state index contributed by atoms with van der Waals surface area (Å²) in [5.41, 5.74) is 7.11. The van der Waals surface area contributed by atoms with Crippen LogP contribution in [0.2, 0.25) is 0 Å². The molecule has 0 saturated heterocycles. The lowest BCUT2D eigenvalue weighted by atomic mass is 10.3. The zero-order valence-electron chi connectivity index (χ0n) is 14.4. The number of para-hydroxylation sites is 1. The number of amidine groups is 1. The van der Waals surface area contributed by atoms with Crippen LogP contribution in [0.5, 0.6) is 0 Å². The number of aromatic nitrogens is 2. The van der Waals surface area contributed by atoms with Crippen LogP contribution < -0.4 is 5.73 Å². The van der Waals surface area contributed by atoms with Crippen molar-refractivity contribution < 1.29 is 0 Å². The van der Waals surface area contributed by atoms with E-state index in [1.165, 1.54) is 23.5 Å². The number of aliphatic imine (C=N–C) groups is 1. The fourth-order valence-corrected chi connectivity index (χ4v) is 3.65. The van der Waals surface area contributed by atoms with Crippen LogP contribution in [0, 0.1) is 11.3 Å². The molecule has 130 valence electrons. The smallest absolute Gasteiger partial charge is 0.198 e. The van der Waals surface area contributed by atoms with Crippen LogP contribution in [0.1, 0.15) is 19.4 Å². The standard InChI is InChI=1S/C17H20N6S2/c1-4-23(5-2)17(20-12-9-7-6-8-10-12)25-16-21-14(19)13(11-18)15(22-16)24-3/h6-10H,4-5H2,1-3H3,(H2,19,21,22). The number of hydrogen-bond donors (Lipinski definition) is 1. The van der Waals surface area contributed by atoms with Crippen LogP contribution in [0.4, 0.5) is 11.5 Å². The maximum atomic E-state index is 9.20. The number of nitrogens with two attached hydrogens (primary N) is 1. The number of anilines is 1. The van der Waals surface area contributed by atoms with Gasteiger partial charge in [-0.05, 0) is 44.0 Å². The first kappa shape index (κ1) is 19.1. The Labute approximate surface area is 156 Å². The highest BCUT2D eigenvalue weighted by atomic mass is 32.2. The lowest BCUT2D eigenvalue weighted by Crippen LogP contribution is -2.28. The van der Waals surface area contributed by atoms with Gasteiger partial charge in [-0.15, -0.1) is 11.8 Å². The van der Waals surface area contributed by atoms with Crippen molar-refractivity contribution in [1.29, 1.82) is 5.26 Å². The Morgan fingerprint density at radius 3 is 2.48 bits per heavy atom. The molecule has 0 bridgehead atoms. The van der Waals surface area contributed by atoms with Crippen molar-refractivity contribution in [2.45, 2.75) is 24.0 Å². The number of rotatable bonds is 5. The van der Waals surface area contributed by atoms with Crippen molar-refractivity contribution in [2.24, 2.45) is 4.99 Å². The van der Waals surface area contributed by atoms with Gasteiger partial charge in [0.25, 0.3) is 0 Å². The molecule has 2 rings (SSSR count). The molecule has 0 atom stereocenters. The Balaban J connectivity index is 2.42. The van der Waals surface area contributed by atoms with Crippen molar-refractivity contribution in [3.63, 3.8) is 0 Å². The quantitative estimate of drug-likeness (QED) is 0.281. The van der Waals surface area contributed by atoms with Crippen LogP contribution in [0.15, 0.2) is 45.5 Å². The van der Waals surface area contributed by atoms with Gasteiger partial charge in [-0.2, -0.15) is 5.26 Å². The molecule has 8 heteroatoms. The van der Waals surface area contributed by atoms with Gasteiger partial charge in [0.1, 0.15) is 22.5 Å². The molecular weight excluding hydrogens is 352 g/mol. The van der Waals surface area contributed by atoms with Gasteiger partial charge >= 0.3 is 0 Å². The fourth-order valence-electron chi connectivity index (χ4n) is 2.08. The van der Waals surface area contributed by atoms with E-state index in [1.54, 1.807) is 0 Å². The molecule has 0 saturated carbocycles. The molecule has 0 spiro atoms. The molecule has 25 heavy (non-hydrogen) atoms. The zero-order chi connectivity index (χ0) is 18.2. The average molecular weight is 373 g/mol. The van der Waals surface area contributed by atoms with E-state index in [4.69, 9.17) is 10.7 Å². The second kappa shape index (κ2) is 9.30. The van der Waals surface area contributed by atoms with Gasteiger partial charge in [0.05, 0.1) is 5.69 Å². The van der Waals surface area contributed by atoms with Crippen LogP contribution in [-0.2, 0) is 0 Å². The van der Waals surface area contributed by atoms with E-state index in [1.807, 2.05) is 36.6 Å². The summed E-state index contributed by atoms with van der Waals surface area (Å²) in [6.07, 6.45) is 1.86. The molecule has 0 amide bonds. The molecule has 0 aliphatic heterocycles. The fraction of sp³-hybridized carbons (Fsp3) is 0.294. The normalized spacial score (nSPS) is 11.2. The summed E-state index contributed by atoms with van der Waals surface area (Å²) >= 11 is 2.73. The summed E-state index contributed by atoms with van der Waals surface area (Å²) in [4.78, 5) is 15.6. The number of nitriles is 1. The number of hydrogen-bond acceptors (Lipinski definition) is 7. The summed E-state index contributed by atoms with van der Waals surface area (Å²) in [7, 11) is 0. The number of nitrogens with zero attached hydrogens (tertiary/aromatic N) is 5. The van der Waals surface area contributed by atoms with Crippen molar-refractivity contribution in [3.05, 3.63) is 35.9 Å². The minimum atomic E-state index is 0.197. The summed E-state index contributed by atoms with van der Waals surface area (Å²) in [6, 6.07) is 11.8. The second-order valence-electron chi connectivity index (χ2n) is 4.89. The predicted octanol–water partition coefficient (Wildman–Crippen LogP) is 3.77. The molecule has 0 aliphatic carbocycles. The molecule has 0 radical (unpaired) electrons. The van der Waals surface area contributed by atoms with E-state index >= 15 is 0 Å². The van der Waals surface area contributed by atoms with Gasteiger partial charge < -0.3 is 10.6 Å². The lowest BCUT2D eigenvalue weighted by molar-refractivity contribution is 0.475. The summed E-state index contributed by atoms with van der Waals surface area (Å²) in [6.45, 7) is 5.78. The highest BCUT2D eigenvalue weighted by Crippen LogP contribution is 2.27. The van der Waals surface area contributed by atoms with Gasteiger partial charge in [-0.25, -0.2) is 15.0 Å². The van der Waals surface area contributed by atoms with E-state index < -0.39 is 0 Å². The van der Waals surface area contributed by atoms with E-state index in [-0.39, 0.29) is 5.82 Å². The number of benzene rings is 1. The molecule has 0 unspecified atom stereocenters. The SMILES string of the molecule is CCN(CC)C(=Nc1ccccc1)Sc1nc(N)c(C#N)c(SC)n1. The highest BCUT2D eigenvalue weighted by molar-refractivity contribution is 8.13. The Morgan fingerprint density at radius 1 is 1.24 bits per heavy atom. The molecular formula is C17H20N6S2. The van der Waals surface area contributed by atoms with E-state index in [0.29, 0.717) is 15.7 Å². The van der Waals surface area contributed by atoms with Crippen LogP contribution in [0.25, 0.3) is 0 Å². The Hall–Kier alpha value is -2.24. The summed E-state index contributed by atoms with van der Waals surface area (Å²) in [5, 5.41) is 11.1. The van der Waals surface area contributed by atoms with Gasteiger partial charge in [0.15, 0.2) is 10.3 Å². The van der Waals surface area contributed by atoms with Gasteiger partial charge in [0.2, 0.25) is 0 Å². The van der Waals surface area contributed by atoms with Gasteiger partial charge in [0, 0.05) is 13.1 Å². The highest BCUT2D eigenvalue weighted by Gasteiger charge is 2.16. The number of nitrogen functional groups attached to an aromatic ring is 1.